The van der Waals surface area contributed by atoms with Crippen molar-refractivity contribution in [3.05, 3.63) is 29.7 Å². The smallest absolute Gasteiger partial charge is 0.270 e. The fourth-order valence-electron chi connectivity index (χ4n) is 2.77. The maximum absolute atomic E-state index is 12.0. The zero-order valence-electron chi connectivity index (χ0n) is 16.2. The van der Waals surface area contributed by atoms with Crippen LogP contribution >= 0.6 is 0 Å². The van der Waals surface area contributed by atoms with Crippen molar-refractivity contribution in [3.8, 4) is 0 Å². The van der Waals surface area contributed by atoms with Gasteiger partial charge < -0.3 is 25.5 Å². The molecular weight excluding hydrogens is 360 g/mol. The highest BCUT2D eigenvalue weighted by atomic mass is 16.3. The van der Waals surface area contributed by atoms with E-state index >= 15 is 0 Å². The van der Waals surface area contributed by atoms with Crippen LogP contribution in [-0.4, -0.2) is 82.2 Å². The van der Waals surface area contributed by atoms with E-state index in [1.807, 2.05) is 6.92 Å². The number of aliphatic hydroxyl groups is 1. The Hall–Kier alpha value is -2.85. The van der Waals surface area contributed by atoms with Crippen LogP contribution in [-0.2, 0) is 6.42 Å². The topological polar surface area (TPSA) is 119 Å². The second-order valence-electron chi connectivity index (χ2n) is 6.53. The first-order valence-corrected chi connectivity index (χ1v) is 9.40. The number of rotatable bonds is 7. The average molecular weight is 386 g/mol. The summed E-state index contributed by atoms with van der Waals surface area (Å²) in [6.07, 6.45) is 0.689. The van der Waals surface area contributed by atoms with Crippen LogP contribution in [0.5, 0.6) is 0 Å². The van der Waals surface area contributed by atoms with E-state index in [9.17, 15) is 4.79 Å². The lowest BCUT2D eigenvalue weighted by molar-refractivity contribution is 0.0940. The average Bonchev–Trinajstić information content (AvgIpc) is 2.72. The third kappa shape index (κ3) is 5.11. The number of likely N-dealkylation sites (N-methyl/N-ethyl adjacent to an activating group) is 1. The van der Waals surface area contributed by atoms with Gasteiger partial charge in [-0.3, -0.25) is 4.79 Å². The molecular formula is C18H26N8O2. The van der Waals surface area contributed by atoms with E-state index in [0.29, 0.717) is 30.0 Å². The van der Waals surface area contributed by atoms with Gasteiger partial charge in [-0.25, -0.2) is 4.98 Å². The summed E-state index contributed by atoms with van der Waals surface area (Å²) < 4.78 is 0. The van der Waals surface area contributed by atoms with Crippen molar-refractivity contribution in [2.45, 2.75) is 13.3 Å². The number of carbonyl (C=O) groups is 1. The van der Waals surface area contributed by atoms with Crippen molar-refractivity contribution in [2.75, 3.05) is 56.6 Å². The van der Waals surface area contributed by atoms with Gasteiger partial charge in [0.2, 0.25) is 11.9 Å². The van der Waals surface area contributed by atoms with E-state index in [2.05, 4.69) is 47.4 Å². The molecule has 0 saturated carbocycles. The van der Waals surface area contributed by atoms with Gasteiger partial charge in [0.05, 0.1) is 6.61 Å². The van der Waals surface area contributed by atoms with Gasteiger partial charge in [0.15, 0.2) is 0 Å². The number of aryl methyl sites for hydroxylation is 1. The summed E-state index contributed by atoms with van der Waals surface area (Å²) in [5, 5.41) is 14.5. The maximum Gasteiger partial charge on any atom is 0.270 e. The number of hydrogen-bond donors (Lipinski definition) is 3. The van der Waals surface area contributed by atoms with Crippen molar-refractivity contribution in [1.82, 2.24) is 30.2 Å². The first-order valence-electron chi connectivity index (χ1n) is 9.40. The first kappa shape index (κ1) is 19.9. The molecule has 28 heavy (non-hydrogen) atoms. The Balaban J connectivity index is 1.78. The Labute approximate surface area is 164 Å². The van der Waals surface area contributed by atoms with Crippen LogP contribution < -0.4 is 15.5 Å². The summed E-state index contributed by atoms with van der Waals surface area (Å²) in [6.45, 7) is 5.70. The molecule has 0 aliphatic carbocycles. The second kappa shape index (κ2) is 9.38. The van der Waals surface area contributed by atoms with Gasteiger partial charge in [-0.1, -0.05) is 13.0 Å². The molecule has 1 aliphatic heterocycles. The molecule has 2 aromatic rings. The lowest BCUT2D eigenvalue weighted by atomic mass is 10.3. The first-order chi connectivity index (χ1) is 13.6. The Bertz CT molecular complexity index is 808. The van der Waals surface area contributed by atoms with Crippen molar-refractivity contribution < 1.29 is 9.90 Å². The highest BCUT2D eigenvalue weighted by Crippen LogP contribution is 2.16. The number of carbonyl (C=O) groups excluding carboxylic acids is 1. The number of piperazine rings is 1. The van der Waals surface area contributed by atoms with Crippen LogP contribution in [0.4, 0.5) is 17.7 Å². The van der Waals surface area contributed by atoms with Gasteiger partial charge in [0, 0.05) is 39.1 Å². The molecule has 1 aliphatic rings. The lowest BCUT2D eigenvalue weighted by Crippen LogP contribution is -2.45. The quantitative estimate of drug-likeness (QED) is 0.606. The molecule has 0 unspecified atom stereocenters. The van der Waals surface area contributed by atoms with Gasteiger partial charge in [0.25, 0.3) is 5.91 Å². The number of nitrogens with zero attached hydrogens (tertiary/aromatic N) is 6. The molecule has 150 valence electrons. The van der Waals surface area contributed by atoms with Crippen LogP contribution in [0, 0.1) is 0 Å². The normalized spacial score (nSPS) is 14.8. The minimum Gasteiger partial charge on any atom is -0.395 e. The van der Waals surface area contributed by atoms with Crippen molar-refractivity contribution in [2.24, 2.45) is 0 Å². The van der Waals surface area contributed by atoms with E-state index in [-0.39, 0.29) is 24.8 Å². The van der Waals surface area contributed by atoms with Gasteiger partial charge in [0.1, 0.15) is 17.3 Å². The summed E-state index contributed by atoms with van der Waals surface area (Å²) in [5.41, 5.74) is 0.252. The molecule has 2 aromatic heterocycles. The summed E-state index contributed by atoms with van der Waals surface area (Å²) >= 11 is 0. The van der Waals surface area contributed by atoms with Gasteiger partial charge in [-0.15, -0.1) is 0 Å². The van der Waals surface area contributed by atoms with Crippen LogP contribution in [0.25, 0.3) is 0 Å². The van der Waals surface area contributed by atoms with E-state index in [0.717, 1.165) is 26.2 Å². The highest BCUT2D eigenvalue weighted by molar-refractivity contribution is 5.92. The molecule has 3 rings (SSSR count). The van der Waals surface area contributed by atoms with Crippen molar-refractivity contribution in [3.63, 3.8) is 0 Å². The summed E-state index contributed by atoms with van der Waals surface area (Å²) in [7, 11) is 2.10. The van der Waals surface area contributed by atoms with Crippen LogP contribution in [0.15, 0.2) is 18.2 Å². The Morgan fingerprint density at radius 3 is 2.64 bits per heavy atom. The van der Waals surface area contributed by atoms with E-state index in [1.54, 1.807) is 18.2 Å². The second-order valence-corrected chi connectivity index (χ2v) is 6.53. The minimum atomic E-state index is -0.347. The Morgan fingerprint density at radius 2 is 1.93 bits per heavy atom. The van der Waals surface area contributed by atoms with E-state index in [1.165, 1.54) is 0 Å². The van der Waals surface area contributed by atoms with E-state index in [4.69, 9.17) is 5.11 Å². The standard InChI is InChI=1S/C18H26N8O2/c1-3-14-21-17(24-18(23-14)26-10-8-25(2)9-11-26)22-15-6-4-5-13(20-15)16(28)19-7-12-27/h4-6,27H,3,7-12H2,1-2H3,(H,19,28)(H,20,21,22,23,24). The fourth-order valence-corrected chi connectivity index (χ4v) is 2.77. The molecule has 0 bridgehead atoms. The molecule has 10 nitrogen and oxygen atoms in total. The molecule has 3 N–H and O–H groups in total. The van der Waals surface area contributed by atoms with Gasteiger partial charge in [-0.05, 0) is 19.2 Å². The minimum absolute atomic E-state index is 0.122. The molecule has 0 spiro atoms. The van der Waals surface area contributed by atoms with Gasteiger partial charge in [-0.2, -0.15) is 15.0 Å². The predicted octanol–water partition coefficient (Wildman–Crippen LogP) is 0.0465. The van der Waals surface area contributed by atoms with Crippen LogP contribution in [0.1, 0.15) is 23.2 Å². The largest absolute Gasteiger partial charge is 0.395 e. The number of pyridine rings is 1. The third-order valence-electron chi connectivity index (χ3n) is 4.39. The summed E-state index contributed by atoms with van der Waals surface area (Å²) in [5.74, 6) is 1.87. The molecule has 0 atom stereocenters. The third-order valence-corrected chi connectivity index (χ3v) is 4.39. The number of nitrogens with one attached hydrogen (secondary N) is 2. The number of hydrogen-bond acceptors (Lipinski definition) is 9. The zero-order chi connectivity index (χ0) is 19.9. The number of anilines is 3. The number of amides is 1. The SMILES string of the molecule is CCc1nc(Nc2cccc(C(=O)NCCO)n2)nc(N2CCN(C)CC2)n1. The molecule has 0 radical (unpaired) electrons. The van der Waals surface area contributed by atoms with Crippen molar-refractivity contribution in [1.29, 1.82) is 0 Å². The van der Waals surface area contributed by atoms with E-state index < -0.39 is 0 Å². The predicted molar refractivity (Wildman–Crippen MR) is 106 cm³/mol. The van der Waals surface area contributed by atoms with Crippen LogP contribution in [0.2, 0.25) is 0 Å². The van der Waals surface area contributed by atoms with Gasteiger partial charge >= 0.3 is 0 Å². The maximum atomic E-state index is 12.0. The summed E-state index contributed by atoms with van der Waals surface area (Å²) in [6, 6.07) is 5.08. The highest BCUT2D eigenvalue weighted by Gasteiger charge is 2.18. The Kier molecular flexibility index (Phi) is 6.66. The lowest BCUT2D eigenvalue weighted by Gasteiger charge is -2.32. The number of aromatic nitrogens is 4. The summed E-state index contributed by atoms with van der Waals surface area (Å²) in [4.78, 5) is 34.3. The molecule has 1 fully saturated rings. The molecule has 0 aromatic carbocycles. The van der Waals surface area contributed by atoms with Crippen molar-refractivity contribution >= 4 is 23.6 Å². The van der Waals surface area contributed by atoms with Crippen LogP contribution in [0.3, 0.4) is 0 Å². The molecule has 3 heterocycles. The molecule has 10 heteroatoms. The monoisotopic (exact) mass is 386 g/mol. The molecule has 1 amide bonds. The Morgan fingerprint density at radius 1 is 1.14 bits per heavy atom. The zero-order valence-corrected chi connectivity index (χ0v) is 16.2. The fraction of sp³-hybridized carbons (Fsp3) is 0.500. The number of aliphatic hydroxyl groups excluding tert-OH is 1. The molecule has 1 saturated heterocycles.